The highest BCUT2D eigenvalue weighted by Gasteiger charge is 2.14. The lowest BCUT2D eigenvalue weighted by molar-refractivity contribution is 0.0958. The molecule has 0 saturated carbocycles. The van der Waals surface area contributed by atoms with E-state index in [1.807, 2.05) is 24.3 Å². The van der Waals surface area contributed by atoms with E-state index in [0.717, 1.165) is 11.0 Å². The van der Waals surface area contributed by atoms with E-state index in [-0.39, 0.29) is 17.2 Å². The topological polar surface area (TPSA) is 68.4 Å². The molecule has 0 bridgehead atoms. The SMILES string of the molecule is CNC(=O)c1cc2c(=O)n(C)c3ccccc3n2n1. The molecule has 0 unspecified atom stereocenters. The number of aryl methyl sites for hydroxylation is 1. The minimum Gasteiger partial charge on any atom is -0.354 e. The summed E-state index contributed by atoms with van der Waals surface area (Å²) < 4.78 is 3.07. The van der Waals surface area contributed by atoms with Gasteiger partial charge in [-0.25, -0.2) is 4.52 Å². The van der Waals surface area contributed by atoms with Crippen LogP contribution in [0, 0.1) is 0 Å². The van der Waals surface area contributed by atoms with E-state index < -0.39 is 0 Å². The van der Waals surface area contributed by atoms with Gasteiger partial charge in [-0.3, -0.25) is 9.59 Å². The number of rotatable bonds is 1. The van der Waals surface area contributed by atoms with Crippen molar-refractivity contribution in [2.45, 2.75) is 0 Å². The van der Waals surface area contributed by atoms with Gasteiger partial charge in [0.05, 0.1) is 11.0 Å². The maximum Gasteiger partial charge on any atom is 0.276 e. The van der Waals surface area contributed by atoms with Crippen molar-refractivity contribution in [3.63, 3.8) is 0 Å². The molecule has 2 heterocycles. The number of fused-ring (bicyclic) bond motifs is 3. The molecule has 0 atom stereocenters. The van der Waals surface area contributed by atoms with Gasteiger partial charge in [-0.1, -0.05) is 12.1 Å². The smallest absolute Gasteiger partial charge is 0.276 e. The van der Waals surface area contributed by atoms with Gasteiger partial charge in [0, 0.05) is 20.2 Å². The fraction of sp³-hybridized carbons (Fsp3) is 0.154. The molecule has 96 valence electrons. The summed E-state index contributed by atoms with van der Waals surface area (Å²) in [6.45, 7) is 0. The molecular weight excluding hydrogens is 244 g/mol. The van der Waals surface area contributed by atoms with Crippen LogP contribution in [0.25, 0.3) is 16.6 Å². The van der Waals surface area contributed by atoms with Gasteiger partial charge in [0.25, 0.3) is 11.5 Å². The first kappa shape index (κ1) is 11.5. The van der Waals surface area contributed by atoms with E-state index in [2.05, 4.69) is 10.4 Å². The zero-order valence-electron chi connectivity index (χ0n) is 10.5. The first-order valence-corrected chi connectivity index (χ1v) is 5.83. The normalized spacial score (nSPS) is 11.1. The molecule has 0 aliphatic heterocycles. The summed E-state index contributed by atoms with van der Waals surface area (Å²) in [5.41, 5.74) is 2.00. The lowest BCUT2D eigenvalue weighted by Gasteiger charge is -2.06. The van der Waals surface area contributed by atoms with Crippen LogP contribution < -0.4 is 10.9 Å². The maximum atomic E-state index is 12.2. The van der Waals surface area contributed by atoms with Crippen molar-refractivity contribution < 1.29 is 4.79 Å². The molecule has 2 aromatic heterocycles. The van der Waals surface area contributed by atoms with Gasteiger partial charge in [0.15, 0.2) is 5.69 Å². The van der Waals surface area contributed by atoms with Gasteiger partial charge in [-0.05, 0) is 12.1 Å². The van der Waals surface area contributed by atoms with Crippen LogP contribution in [0.2, 0.25) is 0 Å². The van der Waals surface area contributed by atoms with Gasteiger partial charge >= 0.3 is 0 Å². The minimum absolute atomic E-state index is 0.179. The summed E-state index contributed by atoms with van der Waals surface area (Å²) in [7, 11) is 3.24. The third kappa shape index (κ3) is 1.53. The first-order chi connectivity index (χ1) is 9.13. The lowest BCUT2D eigenvalue weighted by atomic mass is 10.3. The van der Waals surface area contributed by atoms with Crippen LogP contribution in [0.1, 0.15) is 10.5 Å². The number of aromatic nitrogens is 3. The lowest BCUT2D eigenvalue weighted by Crippen LogP contribution is -2.19. The molecule has 0 saturated heterocycles. The zero-order valence-corrected chi connectivity index (χ0v) is 10.5. The standard InChI is InChI=1S/C13H12N4O2/c1-14-12(18)8-7-11-13(19)16(2)9-5-3-4-6-10(9)17(11)15-8/h3-7H,1-2H3,(H,14,18). The van der Waals surface area contributed by atoms with Crippen molar-refractivity contribution in [3.8, 4) is 0 Å². The number of carbonyl (C=O) groups excluding carboxylic acids is 1. The van der Waals surface area contributed by atoms with Crippen LogP contribution in [-0.2, 0) is 7.05 Å². The second-order valence-electron chi connectivity index (χ2n) is 4.26. The summed E-state index contributed by atoms with van der Waals surface area (Å²) in [6, 6.07) is 8.94. The molecule has 3 aromatic rings. The number of para-hydroxylation sites is 2. The average Bonchev–Trinajstić information content (AvgIpc) is 2.89. The molecule has 6 heteroatoms. The van der Waals surface area contributed by atoms with Crippen molar-refractivity contribution in [2.24, 2.45) is 7.05 Å². The van der Waals surface area contributed by atoms with Gasteiger partial charge < -0.3 is 9.88 Å². The molecule has 6 nitrogen and oxygen atoms in total. The molecule has 1 N–H and O–H groups in total. The van der Waals surface area contributed by atoms with Gasteiger partial charge in [0.1, 0.15) is 5.52 Å². The maximum absolute atomic E-state index is 12.2. The first-order valence-electron chi connectivity index (χ1n) is 5.83. The average molecular weight is 256 g/mol. The summed E-state index contributed by atoms with van der Waals surface area (Å²) >= 11 is 0. The van der Waals surface area contributed by atoms with Crippen LogP contribution >= 0.6 is 0 Å². The molecule has 1 aromatic carbocycles. The van der Waals surface area contributed by atoms with Crippen molar-refractivity contribution in [1.29, 1.82) is 0 Å². The molecule has 19 heavy (non-hydrogen) atoms. The zero-order chi connectivity index (χ0) is 13.6. The molecule has 1 amide bonds. The number of amides is 1. The third-order valence-electron chi connectivity index (χ3n) is 3.16. The van der Waals surface area contributed by atoms with Crippen molar-refractivity contribution in [3.05, 3.63) is 46.4 Å². The largest absolute Gasteiger partial charge is 0.354 e. The van der Waals surface area contributed by atoms with E-state index in [4.69, 9.17) is 0 Å². The summed E-state index contributed by atoms with van der Waals surface area (Å²) in [5, 5.41) is 6.71. The van der Waals surface area contributed by atoms with Crippen LogP contribution in [0.4, 0.5) is 0 Å². The Morgan fingerprint density at radius 3 is 2.58 bits per heavy atom. The predicted octanol–water partition coefficient (Wildman–Crippen LogP) is 0.546. The predicted molar refractivity (Wildman–Crippen MR) is 71.3 cm³/mol. The molecule has 0 aliphatic carbocycles. The van der Waals surface area contributed by atoms with Crippen LogP contribution in [0.5, 0.6) is 0 Å². The highest BCUT2D eigenvalue weighted by Crippen LogP contribution is 2.13. The molecule has 0 spiro atoms. The number of nitrogens with zero attached hydrogens (tertiary/aromatic N) is 3. The molecule has 0 aliphatic rings. The highest BCUT2D eigenvalue weighted by atomic mass is 16.2. The second-order valence-corrected chi connectivity index (χ2v) is 4.26. The Hall–Kier alpha value is -2.63. The number of hydrogen-bond donors (Lipinski definition) is 1. The van der Waals surface area contributed by atoms with Crippen molar-refractivity contribution in [2.75, 3.05) is 7.05 Å². The van der Waals surface area contributed by atoms with E-state index in [0.29, 0.717) is 5.52 Å². The Balaban J connectivity index is 2.51. The van der Waals surface area contributed by atoms with Gasteiger partial charge in [0.2, 0.25) is 0 Å². The number of benzene rings is 1. The molecule has 3 rings (SSSR count). The monoisotopic (exact) mass is 256 g/mol. The molecular formula is C13H12N4O2. The fourth-order valence-corrected chi connectivity index (χ4v) is 2.16. The van der Waals surface area contributed by atoms with Crippen LogP contribution in [-0.4, -0.2) is 27.1 Å². The summed E-state index contributed by atoms with van der Waals surface area (Å²) in [5.74, 6) is -0.310. The molecule has 0 fully saturated rings. The molecule has 0 radical (unpaired) electrons. The number of nitrogens with one attached hydrogen (secondary N) is 1. The fourth-order valence-electron chi connectivity index (χ4n) is 2.16. The Bertz CT molecular complexity index is 860. The number of carbonyl (C=O) groups is 1. The Labute approximate surface area is 108 Å². The van der Waals surface area contributed by atoms with E-state index in [9.17, 15) is 9.59 Å². The van der Waals surface area contributed by atoms with E-state index in [1.54, 1.807) is 11.6 Å². The summed E-state index contributed by atoms with van der Waals surface area (Å²) in [6.07, 6.45) is 0. The Morgan fingerprint density at radius 1 is 1.21 bits per heavy atom. The van der Waals surface area contributed by atoms with E-state index in [1.165, 1.54) is 17.6 Å². The van der Waals surface area contributed by atoms with Crippen LogP contribution in [0.3, 0.4) is 0 Å². The Morgan fingerprint density at radius 2 is 1.89 bits per heavy atom. The van der Waals surface area contributed by atoms with Gasteiger partial charge in [-0.15, -0.1) is 0 Å². The van der Waals surface area contributed by atoms with E-state index >= 15 is 0 Å². The van der Waals surface area contributed by atoms with Crippen LogP contribution in [0.15, 0.2) is 35.1 Å². The number of hydrogen-bond acceptors (Lipinski definition) is 3. The van der Waals surface area contributed by atoms with Crippen molar-refractivity contribution >= 4 is 22.5 Å². The van der Waals surface area contributed by atoms with Gasteiger partial charge in [-0.2, -0.15) is 5.10 Å². The quantitative estimate of drug-likeness (QED) is 0.691. The minimum atomic E-state index is -0.310. The Kier molecular flexibility index (Phi) is 2.38. The summed E-state index contributed by atoms with van der Waals surface area (Å²) in [4.78, 5) is 23.9. The second kappa shape index (κ2) is 3.94. The highest BCUT2D eigenvalue weighted by molar-refractivity contribution is 5.94. The third-order valence-corrected chi connectivity index (χ3v) is 3.16. The van der Waals surface area contributed by atoms with Crippen molar-refractivity contribution in [1.82, 2.24) is 19.5 Å².